The molecular formula is C54H85Br2NO2S3. The van der Waals surface area contributed by atoms with E-state index in [1.54, 1.807) is 16.2 Å². The molecule has 0 radical (unpaired) electrons. The summed E-state index contributed by atoms with van der Waals surface area (Å²) in [7, 11) is 0. The Hall–Kier alpha value is -0.800. The second-order valence-corrected chi connectivity index (χ2v) is 24.1. The average Bonchev–Trinajstić information content (AvgIpc) is 3.97. The van der Waals surface area contributed by atoms with E-state index in [9.17, 15) is 9.59 Å². The van der Waals surface area contributed by atoms with E-state index in [0.717, 1.165) is 48.3 Å². The molecule has 0 aromatic carbocycles. The predicted octanol–water partition coefficient (Wildman–Crippen LogP) is 20.3. The van der Waals surface area contributed by atoms with Crippen molar-refractivity contribution in [3.8, 4) is 19.5 Å². The second-order valence-electron chi connectivity index (χ2n) is 18.4. The van der Waals surface area contributed by atoms with Gasteiger partial charge < -0.3 is 0 Å². The topological polar surface area (TPSA) is 37.4 Å². The van der Waals surface area contributed by atoms with Gasteiger partial charge in [-0.2, -0.15) is 0 Å². The number of unbranched alkanes of at least 4 members (excludes halogenated alkanes) is 25. The van der Waals surface area contributed by atoms with Gasteiger partial charge in [-0.25, -0.2) is 0 Å². The number of halogens is 2. The zero-order valence-electron chi connectivity index (χ0n) is 40.0. The lowest BCUT2D eigenvalue weighted by Crippen LogP contribution is -2.31. The van der Waals surface area contributed by atoms with Crippen molar-refractivity contribution in [3.05, 3.63) is 41.0 Å². The van der Waals surface area contributed by atoms with Gasteiger partial charge >= 0.3 is 0 Å². The molecule has 0 bridgehead atoms. The Morgan fingerprint density at radius 1 is 0.339 bits per heavy atom. The van der Waals surface area contributed by atoms with E-state index in [1.165, 1.54) is 219 Å². The minimum atomic E-state index is -0.0519. The zero-order valence-corrected chi connectivity index (χ0v) is 45.6. The lowest BCUT2D eigenvalue weighted by Gasteiger charge is -2.15. The molecule has 3 nitrogen and oxygen atoms in total. The summed E-state index contributed by atoms with van der Waals surface area (Å²) in [5.41, 5.74) is 7.22. The Bertz CT molecular complexity index is 1620. The Labute approximate surface area is 409 Å². The summed E-state index contributed by atoms with van der Waals surface area (Å²) in [6, 6.07) is 0. The Kier molecular flexibility index (Phi) is 27.1. The molecule has 0 saturated carbocycles. The maximum atomic E-state index is 14.9. The van der Waals surface area contributed by atoms with E-state index in [2.05, 4.69) is 66.5 Å². The van der Waals surface area contributed by atoms with Crippen LogP contribution in [0.1, 0.15) is 270 Å². The van der Waals surface area contributed by atoms with Gasteiger partial charge in [0.05, 0.1) is 28.5 Å². The van der Waals surface area contributed by atoms with E-state index in [4.69, 9.17) is 0 Å². The van der Waals surface area contributed by atoms with Crippen molar-refractivity contribution in [1.82, 2.24) is 4.90 Å². The number of carbonyl (C=O) groups is 2. The van der Waals surface area contributed by atoms with Crippen LogP contribution in [0.4, 0.5) is 0 Å². The highest BCUT2D eigenvalue weighted by molar-refractivity contribution is 9.11. The summed E-state index contributed by atoms with van der Waals surface area (Å²) in [6.45, 7) is 11.9. The van der Waals surface area contributed by atoms with Gasteiger partial charge in [-0.15, -0.1) is 34.0 Å². The zero-order chi connectivity index (χ0) is 44.5. The van der Waals surface area contributed by atoms with Crippen molar-refractivity contribution in [2.24, 2.45) is 0 Å². The molecule has 4 rings (SSSR count). The fourth-order valence-electron chi connectivity index (χ4n) is 9.43. The van der Waals surface area contributed by atoms with Crippen LogP contribution in [-0.4, -0.2) is 23.3 Å². The largest absolute Gasteiger partial charge is 0.274 e. The molecule has 0 saturated heterocycles. The first-order valence-electron chi connectivity index (χ1n) is 26.0. The van der Waals surface area contributed by atoms with Crippen molar-refractivity contribution < 1.29 is 9.59 Å². The second kappa shape index (κ2) is 31.2. The molecule has 3 aromatic rings. The molecule has 0 unspecified atom stereocenters. The fourth-order valence-corrected chi connectivity index (χ4v) is 15.1. The number of hydrogen-bond acceptors (Lipinski definition) is 5. The number of hydrogen-bond donors (Lipinski definition) is 0. The lowest BCUT2D eigenvalue weighted by molar-refractivity contribution is 0.0652. The van der Waals surface area contributed by atoms with E-state index >= 15 is 0 Å². The van der Waals surface area contributed by atoms with Gasteiger partial charge in [-0.1, -0.05) is 195 Å². The smallest absolute Gasteiger partial charge is 0.263 e. The molecule has 62 heavy (non-hydrogen) atoms. The lowest BCUT2D eigenvalue weighted by atomic mass is 9.96. The van der Waals surface area contributed by atoms with Crippen LogP contribution in [0.15, 0.2) is 7.57 Å². The maximum absolute atomic E-state index is 14.9. The maximum Gasteiger partial charge on any atom is 0.263 e. The average molecular weight is 1040 g/mol. The number of fused-ring (bicyclic) bond motifs is 1. The van der Waals surface area contributed by atoms with Gasteiger partial charge in [0.25, 0.3) is 11.8 Å². The van der Waals surface area contributed by atoms with Crippen LogP contribution in [0.25, 0.3) is 19.5 Å². The number of nitrogens with zero attached hydrogens (tertiary/aromatic N) is 1. The van der Waals surface area contributed by atoms with Crippen LogP contribution in [0.3, 0.4) is 0 Å². The van der Waals surface area contributed by atoms with Crippen LogP contribution in [0, 0.1) is 0 Å². The van der Waals surface area contributed by atoms with Crippen LogP contribution >= 0.6 is 65.9 Å². The number of amides is 2. The van der Waals surface area contributed by atoms with E-state index < -0.39 is 0 Å². The minimum Gasteiger partial charge on any atom is -0.274 e. The molecule has 2 amide bonds. The standard InChI is InChI=1S/C54H85Br2NO2S3/c1-6-11-16-21-26-31-36-41-43(38-33-28-23-18-13-8-3)51(55)61-47(41)49-45-46(54(59)57(53(45)58)40-35-30-25-20-15-10-5)50(60-49)48-42(37-32-27-22-17-12-7-2)44(52(56)62-48)39-34-29-24-19-14-9-4/h6-40H2,1-5H3. The van der Waals surface area contributed by atoms with E-state index in [0.29, 0.717) is 17.7 Å². The highest BCUT2D eigenvalue weighted by Gasteiger charge is 2.43. The van der Waals surface area contributed by atoms with E-state index in [-0.39, 0.29) is 11.8 Å². The van der Waals surface area contributed by atoms with Crippen LogP contribution < -0.4 is 0 Å². The van der Waals surface area contributed by atoms with Gasteiger partial charge in [-0.05, 0) is 112 Å². The summed E-state index contributed by atoms with van der Waals surface area (Å²) in [4.78, 5) is 36.0. The quantitative estimate of drug-likeness (QED) is 0.0426. The van der Waals surface area contributed by atoms with Crippen LogP contribution in [-0.2, 0) is 25.7 Å². The first-order chi connectivity index (χ1) is 30.3. The third-order valence-corrected chi connectivity index (χ3v) is 18.8. The molecule has 0 spiro atoms. The summed E-state index contributed by atoms with van der Waals surface area (Å²) in [5.74, 6) is -0.104. The van der Waals surface area contributed by atoms with Crippen molar-refractivity contribution in [1.29, 1.82) is 0 Å². The van der Waals surface area contributed by atoms with E-state index in [1.807, 2.05) is 22.7 Å². The number of thiophene rings is 3. The van der Waals surface area contributed by atoms with Crippen molar-refractivity contribution >= 4 is 77.7 Å². The molecular weight excluding hydrogens is 951 g/mol. The molecule has 0 fully saturated rings. The predicted molar refractivity (Wildman–Crippen MR) is 283 cm³/mol. The molecule has 0 atom stereocenters. The summed E-state index contributed by atoms with van der Waals surface area (Å²) in [5, 5.41) is 0. The number of imide groups is 1. The number of rotatable bonds is 37. The van der Waals surface area contributed by atoms with Crippen molar-refractivity contribution in [2.75, 3.05) is 6.54 Å². The van der Waals surface area contributed by atoms with Gasteiger partial charge in [0.15, 0.2) is 0 Å². The molecule has 8 heteroatoms. The van der Waals surface area contributed by atoms with Crippen LogP contribution in [0.2, 0.25) is 0 Å². The molecule has 1 aliphatic rings. The Morgan fingerprint density at radius 3 is 0.935 bits per heavy atom. The highest BCUT2D eigenvalue weighted by atomic mass is 79.9. The third kappa shape index (κ3) is 16.2. The summed E-state index contributed by atoms with van der Waals surface area (Å²) < 4.78 is 2.46. The molecule has 3 aromatic heterocycles. The Morgan fingerprint density at radius 2 is 0.613 bits per heavy atom. The van der Waals surface area contributed by atoms with Gasteiger partial charge in [0, 0.05) is 16.3 Å². The number of carbonyl (C=O) groups excluding carboxylic acids is 2. The van der Waals surface area contributed by atoms with Gasteiger partial charge in [0.2, 0.25) is 0 Å². The molecule has 0 aliphatic carbocycles. The minimum absolute atomic E-state index is 0.0519. The third-order valence-electron chi connectivity index (χ3n) is 13.2. The van der Waals surface area contributed by atoms with Crippen LogP contribution in [0.5, 0.6) is 0 Å². The van der Waals surface area contributed by atoms with Crippen molar-refractivity contribution in [3.63, 3.8) is 0 Å². The first-order valence-corrected chi connectivity index (χ1v) is 30.0. The highest BCUT2D eigenvalue weighted by Crippen LogP contribution is 2.54. The summed E-state index contributed by atoms with van der Waals surface area (Å²) in [6.07, 6.45) is 41.6. The normalized spacial score (nSPS) is 12.8. The van der Waals surface area contributed by atoms with Crippen molar-refractivity contribution in [2.45, 2.75) is 253 Å². The first kappa shape index (κ1) is 53.8. The SMILES string of the molecule is CCCCCCCCc1c(Br)sc(-c2sc(-c3sc(Br)c(CCCCCCCC)c3CCCCCCCC)c3c2C(=O)N(CCCCCCCC)C3=O)c1CCCCCCCC. The Balaban J connectivity index is 1.80. The molecule has 1 aliphatic heterocycles. The molecule has 4 heterocycles. The van der Waals surface area contributed by atoms with Gasteiger partial charge in [-0.3, -0.25) is 14.5 Å². The fraction of sp³-hybridized carbons (Fsp3) is 0.741. The molecule has 0 N–H and O–H groups in total. The van der Waals surface area contributed by atoms with Gasteiger partial charge in [0.1, 0.15) is 0 Å². The summed E-state index contributed by atoms with van der Waals surface area (Å²) >= 11 is 13.7. The monoisotopic (exact) mass is 1030 g/mol. The molecule has 350 valence electrons.